The molecule has 2 aromatic heterocycles. The van der Waals surface area contributed by atoms with Crippen LogP contribution in [0.4, 0.5) is 4.39 Å². The number of nitrogens with one attached hydrogen (secondary N) is 2. The second-order valence-corrected chi connectivity index (χ2v) is 9.95. The van der Waals surface area contributed by atoms with Gasteiger partial charge in [0.25, 0.3) is 11.5 Å². The summed E-state index contributed by atoms with van der Waals surface area (Å²) in [4.78, 5) is 38.4. The lowest BCUT2D eigenvalue weighted by molar-refractivity contribution is -0.125. The molecule has 2 amide bonds. The summed E-state index contributed by atoms with van der Waals surface area (Å²) in [6.45, 7) is 6.50. The summed E-state index contributed by atoms with van der Waals surface area (Å²) in [5.74, 6) is -1.14. The molecular formula is C28H30FN5O3. The zero-order valence-corrected chi connectivity index (χ0v) is 21.1. The molecule has 0 spiro atoms. The molecule has 0 saturated carbocycles. The van der Waals surface area contributed by atoms with Crippen molar-refractivity contribution in [1.29, 1.82) is 0 Å². The van der Waals surface area contributed by atoms with Crippen LogP contribution in [0.5, 0.6) is 0 Å². The van der Waals surface area contributed by atoms with Gasteiger partial charge >= 0.3 is 0 Å². The van der Waals surface area contributed by atoms with Gasteiger partial charge in [-0.25, -0.2) is 4.39 Å². The Labute approximate surface area is 214 Å². The number of para-hydroxylation sites is 1. The summed E-state index contributed by atoms with van der Waals surface area (Å²) in [7, 11) is 0. The number of nitrogens with zero attached hydrogens (tertiary/aromatic N) is 3. The third-order valence-corrected chi connectivity index (χ3v) is 6.07. The van der Waals surface area contributed by atoms with Gasteiger partial charge in [-0.2, -0.15) is 5.10 Å². The zero-order chi connectivity index (χ0) is 26.6. The van der Waals surface area contributed by atoms with Crippen molar-refractivity contribution >= 4 is 22.7 Å². The molecule has 2 aromatic carbocycles. The Morgan fingerprint density at radius 3 is 2.41 bits per heavy atom. The first-order valence-electron chi connectivity index (χ1n) is 12.1. The first-order valence-corrected chi connectivity index (χ1v) is 12.1. The van der Waals surface area contributed by atoms with Crippen LogP contribution in [0, 0.1) is 11.2 Å². The fourth-order valence-electron chi connectivity index (χ4n) is 4.10. The van der Waals surface area contributed by atoms with Crippen molar-refractivity contribution in [2.75, 3.05) is 6.54 Å². The molecule has 37 heavy (non-hydrogen) atoms. The Balaban J connectivity index is 1.52. The van der Waals surface area contributed by atoms with Crippen molar-refractivity contribution in [3.8, 4) is 0 Å². The summed E-state index contributed by atoms with van der Waals surface area (Å²) in [5.41, 5.74) is 1.06. The number of carbonyl (C=O) groups excluding carboxylic acids is 2. The Bertz CT molecular complexity index is 1470. The molecule has 9 heteroatoms. The van der Waals surface area contributed by atoms with Gasteiger partial charge in [-0.1, -0.05) is 57.2 Å². The van der Waals surface area contributed by atoms with Gasteiger partial charge in [-0.05, 0) is 35.2 Å². The lowest BCUT2D eigenvalue weighted by Gasteiger charge is -2.30. The maximum Gasteiger partial charge on any atom is 0.273 e. The molecule has 0 aliphatic carbocycles. The molecule has 0 aliphatic heterocycles. The fourth-order valence-corrected chi connectivity index (χ4v) is 4.10. The molecule has 2 heterocycles. The maximum absolute atomic E-state index is 13.4. The zero-order valence-electron chi connectivity index (χ0n) is 21.1. The second-order valence-electron chi connectivity index (χ2n) is 9.95. The van der Waals surface area contributed by atoms with Gasteiger partial charge in [0.15, 0.2) is 5.69 Å². The molecule has 4 rings (SSSR count). The average molecular weight is 504 g/mol. The van der Waals surface area contributed by atoms with E-state index in [0.717, 1.165) is 11.1 Å². The quantitative estimate of drug-likeness (QED) is 0.385. The number of hydrogen-bond donors (Lipinski definition) is 2. The van der Waals surface area contributed by atoms with E-state index in [1.165, 1.54) is 22.8 Å². The van der Waals surface area contributed by atoms with Crippen LogP contribution in [0.1, 0.15) is 36.8 Å². The molecular weight excluding hydrogens is 473 g/mol. The van der Waals surface area contributed by atoms with Gasteiger partial charge in [0, 0.05) is 30.7 Å². The third kappa shape index (κ3) is 6.11. The van der Waals surface area contributed by atoms with E-state index < -0.39 is 17.4 Å². The van der Waals surface area contributed by atoms with E-state index >= 15 is 0 Å². The van der Waals surface area contributed by atoms with Crippen LogP contribution in [0.2, 0.25) is 0 Å². The SMILES string of the molecule is CC(C)(C)[C@H](NC(=O)c1nn(Cc2ccc(F)cc2)c2ccccc12)C(=O)NCCn1ccccc1=O. The fraction of sp³-hybridized carbons (Fsp3) is 0.286. The molecule has 0 aliphatic rings. The van der Waals surface area contributed by atoms with E-state index in [1.807, 2.05) is 45.0 Å². The second kappa shape index (κ2) is 10.8. The Morgan fingerprint density at radius 1 is 1.00 bits per heavy atom. The first kappa shape index (κ1) is 25.8. The number of aromatic nitrogens is 3. The highest BCUT2D eigenvalue weighted by Gasteiger charge is 2.34. The van der Waals surface area contributed by atoms with Crippen LogP contribution in [0.3, 0.4) is 0 Å². The van der Waals surface area contributed by atoms with Gasteiger partial charge in [-0.15, -0.1) is 0 Å². The molecule has 0 unspecified atom stereocenters. The van der Waals surface area contributed by atoms with E-state index in [-0.39, 0.29) is 29.5 Å². The van der Waals surface area contributed by atoms with Gasteiger partial charge in [0.1, 0.15) is 11.9 Å². The van der Waals surface area contributed by atoms with Crippen LogP contribution in [-0.2, 0) is 17.9 Å². The number of benzene rings is 2. The highest BCUT2D eigenvalue weighted by Crippen LogP contribution is 2.23. The van der Waals surface area contributed by atoms with Crippen LogP contribution in [-0.4, -0.2) is 38.7 Å². The van der Waals surface area contributed by atoms with Gasteiger partial charge < -0.3 is 15.2 Å². The summed E-state index contributed by atoms with van der Waals surface area (Å²) in [6.07, 6.45) is 1.66. The standard InChI is InChI=1S/C28H30FN5O3/c1-28(2,3)25(27(37)30-15-17-33-16-7-6-10-23(33)35)31-26(36)24-21-8-4-5-9-22(21)34(32-24)18-19-11-13-20(29)14-12-19/h4-14,16,25H,15,17-18H2,1-3H3,(H,30,37)(H,31,36)/t25-/m1/s1. The normalized spacial score (nSPS) is 12.3. The molecule has 192 valence electrons. The van der Waals surface area contributed by atoms with Crippen molar-refractivity contribution in [3.05, 3.63) is 100 Å². The van der Waals surface area contributed by atoms with E-state index in [4.69, 9.17) is 0 Å². The molecule has 2 N–H and O–H groups in total. The number of rotatable bonds is 8. The summed E-state index contributed by atoms with van der Waals surface area (Å²) in [6, 6.07) is 17.5. The van der Waals surface area contributed by atoms with Crippen molar-refractivity contribution in [2.45, 2.75) is 39.9 Å². The minimum Gasteiger partial charge on any atom is -0.353 e. The summed E-state index contributed by atoms with van der Waals surface area (Å²) < 4.78 is 16.5. The van der Waals surface area contributed by atoms with Gasteiger partial charge in [0.05, 0.1) is 12.1 Å². The lowest BCUT2D eigenvalue weighted by atomic mass is 9.86. The van der Waals surface area contributed by atoms with E-state index in [0.29, 0.717) is 18.5 Å². The molecule has 0 bridgehead atoms. The lowest BCUT2D eigenvalue weighted by Crippen LogP contribution is -2.54. The van der Waals surface area contributed by atoms with Crippen molar-refractivity contribution in [2.24, 2.45) is 5.41 Å². The number of fused-ring (bicyclic) bond motifs is 1. The van der Waals surface area contributed by atoms with Gasteiger partial charge in [0.2, 0.25) is 5.91 Å². The van der Waals surface area contributed by atoms with Crippen LogP contribution in [0.25, 0.3) is 10.9 Å². The number of pyridine rings is 1. The smallest absolute Gasteiger partial charge is 0.273 e. The molecule has 0 saturated heterocycles. The average Bonchev–Trinajstić information content (AvgIpc) is 3.22. The number of halogens is 1. The number of carbonyl (C=O) groups is 2. The minimum atomic E-state index is -0.839. The topological polar surface area (TPSA) is 98.0 Å². The molecule has 0 radical (unpaired) electrons. The Kier molecular flexibility index (Phi) is 7.52. The Hall–Kier alpha value is -4.27. The number of hydrogen-bond acceptors (Lipinski definition) is 4. The van der Waals surface area contributed by atoms with Crippen LogP contribution in [0.15, 0.2) is 77.7 Å². The van der Waals surface area contributed by atoms with Crippen molar-refractivity contribution in [1.82, 2.24) is 25.0 Å². The molecule has 1 atom stereocenters. The summed E-state index contributed by atoms with van der Waals surface area (Å²) in [5, 5.41) is 10.9. The van der Waals surface area contributed by atoms with Gasteiger partial charge in [-0.3, -0.25) is 19.1 Å². The molecule has 4 aromatic rings. The first-order chi connectivity index (χ1) is 17.6. The largest absolute Gasteiger partial charge is 0.353 e. The van der Waals surface area contributed by atoms with Crippen LogP contribution >= 0.6 is 0 Å². The third-order valence-electron chi connectivity index (χ3n) is 6.07. The highest BCUT2D eigenvalue weighted by molar-refractivity contribution is 6.06. The minimum absolute atomic E-state index is 0.152. The maximum atomic E-state index is 13.4. The number of amides is 2. The van der Waals surface area contributed by atoms with Crippen molar-refractivity contribution in [3.63, 3.8) is 0 Å². The van der Waals surface area contributed by atoms with E-state index in [9.17, 15) is 18.8 Å². The molecule has 8 nitrogen and oxygen atoms in total. The van der Waals surface area contributed by atoms with E-state index in [1.54, 1.807) is 35.1 Å². The van der Waals surface area contributed by atoms with Crippen LogP contribution < -0.4 is 16.2 Å². The monoisotopic (exact) mass is 503 g/mol. The predicted octanol–water partition coefficient (Wildman–Crippen LogP) is 3.35. The highest BCUT2D eigenvalue weighted by atomic mass is 19.1. The van der Waals surface area contributed by atoms with E-state index in [2.05, 4.69) is 15.7 Å². The summed E-state index contributed by atoms with van der Waals surface area (Å²) >= 11 is 0. The predicted molar refractivity (Wildman–Crippen MR) is 140 cm³/mol. The Morgan fingerprint density at radius 2 is 1.70 bits per heavy atom. The molecule has 0 fully saturated rings. The van der Waals surface area contributed by atoms with Crippen molar-refractivity contribution < 1.29 is 14.0 Å².